The van der Waals surface area contributed by atoms with Gasteiger partial charge in [0.25, 0.3) is 5.91 Å². The number of carbonyl (C=O) groups excluding carboxylic acids is 2. The molecular formula is C29H39N3O5. The number of piperazine rings is 1. The van der Waals surface area contributed by atoms with E-state index in [0.29, 0.717) is 42.9 Å². The predicted octanol–water partition coefficient (Wildman–Crippen LogP) is 3.84. The van der Waals surface area contributed by atoms with Gasteiger partial charge in [-0.05, 0) is 75.2 Å². The van der Waals surface area contributed by atoms with Gasteiger partial charge in [-0.1, -0.05) is 6.07 Å². The van der Waals surface area contributed by atoms with Gasteiger partial charge >= 0.3 is 5.97 Å². The molecule has 2 aromatic carbocycles. The Balaban J connectivity index is 1.50. The van der Waals surface area contributed by atoms with Gasteiger partial charge in [0.05, 0.1) is 13.7 Å². The van der Waals surface area contributed by atoms with Gasteiger partial charge in [0, 0.05) is 56.3 Å². The van der Waals surface area contributed by atoms with Crippen molar-refractivity contribution in [1.29, 1.82) is 0 Å². The van der Waals surface area contributed by atoms with Crippen LogP contribution in [0.5, 0.6) is 11.5 Å². The second kappa shape index (κ2) is 12.3. The van der Waals surface area contributed by atoms with E-state index >= 15 is 0 Å². The highest BCUT2D eigenvalue weighted by Gasteiger charge is 2.34. The first-order valence-electron chi connectivity index (χ1n) is 13.2. The van der Waals surface area contributed by atoms with Crippen molar-refractivity contribution in [1.82, 2.24) is 10.2 Å². The van der Waals surface area contributed by atoms with Crippen molar-refractivity contribution in [3.63, 3.8) is 0 Å². The van der Waals surface area contributed by atoms with Crippen LogP contribution < -0.4 is 19.7 Å². The van der Waals surface area contributed by atoms with E-state index in [1.165, 1.54) is 6.92 Å². The summed E-state index contributed by atoms with van der Waals surface area (Å²) in [4.78, 5) is 29.6. The van der Waals surface area contributed by atoms with E-state index in [0.717, 1.165) is 37.4 Å². The van der Waals surface area contributed by atoms with Gasteiger partial charge in [-0.3, -0.25) is 9.59 Å². The zero-order chi connectivity index (χ0) is 26.4. The minimum absolute atomic E-state index is 0.0308. The SMILES string of the molecule is CCOc1cc(C2CC(OC(C)=O)CCC2NC(=O)c2ccc(N3CCN(C)CC3)cc2)ccc1OC. The number of rotatable bonds is 8. The molecule has 0 spiro atoms. The van der Waals surface area contributed by atoms with Crippen LogP contribution in [0, 0.1) is 0 Å². The first-order valence-corrected chi connectivity index (χ1v) is 13.2. The topological polar surface area (TPSA) is 80.3 Å². The number of hydrogen-bond acceptors (Lipinski definition) is 7. The van der Waals surface area contributed by atoms with Gasteiger partial charge in [-0.25, -0.2) is 0 Å². The number of methoxy groups -OCH3 is 1. The van der Waals surface area contributed by atoms with E-state index in [1.54, 1.807) is 7.11 Å². The molecular weight excluding hydrogens is 470 g/mol. The maximum atomic E-state index is 13.3. The van der Waals surface area contributed by atoms with E-state index < -0.39 is 0 Å². The van der Waals surface area contributed by atoms with Crippen LogP contribution in [0.1, 0.15) is 54.9 Å². The number of esters is 1. The molecule has 8 nitrogen and oxygen atoms in total. The summed E-state index contributed by atoms with van der Waals surface area (Å²) in [5.74, 6) is 0.929. The normalized spacial score (nSPS) is 22.3. The molecule has 1 aliphatic carbocycles. The molecule has 0 aromatic heterocycles. The lowest BCUT2D eigenvalue weighted by Crippen LogP contribution is -2.45. The molecule has 37 heavy (non-hydrogen) atoms. The lowest BCUT2D eigenvalue weighted by Gasteiger charge is -2.37. The summed E-state index contributed by atoms with van der Waals surface area (Å²) in [6.07, 6.45) is 1.86. The first-order chi connectivity index (χ1) is 17.9. The fourth-order valence-electron chi connectivity index (χ4n) is 5.35. The summed E-state index contributed by atoms with van der Waals surface area (Å²) in [5.41, 5.74) is 2.81. The Morgan fingerprint density at radius 1 is 1.00 bits per heavy atom. The summed E-state index contributed by atoms with van der Waals surface area (Å²) >= 11 is 0. The molecule has 4 rings (SSSR count). The van der Waals surface area contributed by atoms with Crippen molar-refractivity contribution >= 4 is 17.6 Å². The van der Waals surface area contributed by atoms with Gasteiger partial charge in [0.15, 0.2) is 11.5 Å². The third-order valence-electron chi connectivity index (χ3n) is 7.36. The average molecular weight is 510 g/mol. The van der Waals surface area contributed by atoms with Gasteiger partial charge in [0.1, 0.15) is 6.10 Å². The van der Waals surface area contributed by atoms with Gasteiger partial charge in [-0.2, -0.15) is 0 Å². The van der Waals surface area contributed by atoms with Crippen molar-refractivity contribution in [2.75, 3.05) is 51.8 Å². The molecule has 1 aliphatic heterocycles. The number of benzene rings is 2. The van der Waals surface area contributed by atoms with Crippen molar-refractivity contribution in [2.45, 2.75) is 51.2 Å². The molecule has 1 heterocycles. The summed E-state index contributed by atoms with van der Waals surface area (Å²) in [6, 6.07) is 13.7. The quantitative estimate of drug-likeness (QED) is 0.542. The Labute approximate surface area is 219 Å². The molecule has 2 aliphatic rings. The fraction of sp³-hybridized carbons (Fsp3) is 0.517. The van der Waals surface area contributed by atoms with Crippen LogP contribution >= 0.6 is 0 Å². The van der Waals surface area contributed by atoms with E-state index in [2.05, 4.69) is 22.2 Å². The molecule has 1 saturated carbocycles. The van der Waals surface area contributed by atoms with Crippen molar-refractivity contribution < 1.29 is 23.8 Å². The maximum Gasteiger partial charge on any atom is 0.302 e. The molecule has 0 radical (unpaired) electrons. The van der Waals surface area contributed by atoms with E-state index in [1.807, 2.05) is 49.4 Å². The Kier molecular flexibility index (Phi) is 8.92. The zero-order valence-electron chi connectivity index (χ0n) is 22.4. The Morgan fingerprint density at radius 2 is 1.73 bits per heavy atom. The molecule has 1 amide bonds. The summed E-state index contributed by atoms with van der Waals surface area (Å²) in [7, 11) is 3.76. The molecule has 1 N–H and O–H groups in total. The van der Waals surface area contributed by atoms with Crippen LogP contribution in [0.3, 0.4) is 0 Å². The van der Waals surface area contributed by atoms with Gasteiger partial charge < -0.3 is 29.3 Å². The number of carbonyl (C=O) groups is 2. The molecule has 2 fully saturated rings. The number of anilines is 1. The van der Waals surface area contributed by atoms with E-state index in [4.69, 9.17) is 14.2 Å². The second-order valence-electron chi connectivity index (χ2n) is 9.91. The molecule has 0 bridgehead atoms. The summed E-state index contributed by atoms with van der Waals surface area (Å²) < 4.78 is 16.8. The number of hydrogen-bond donors (Lipinski definition) is 1. The maximum absolute atomic E-state index is 13.3. The minimum atomic E-state index is -0.281. The predicted molar refractivity (Wildman–Crippen MR) is 144 cm³/mol. The van der Waals surface area contributed by atoms with Crippen LogP contribution in [0.2, 0.25) is 0 Å². The lowest BCUT2D eigenvalue weighted by molar-refractivity contribution is -0.148. The summed E-state index contributed by atoms with van der Waals surface area (Å²) in [6.45, 7) is 7.94. The molecule has 3 atom stereocenters. The average Bonchev–Trinajstić information content (AvgIpc) is 2.90. The molecule has 8 heteroatoms. The van der Waals surface area contributed by atoms with Crippen LogP contribution in [-0.2, 0) is 9.53 Å². The van der Waals surface area contributed by atoms with E-state index in [9.17, 15) is 9.59 Å². The number of nitrogens with one attached hydrogen (secondary N) is 1. The smallest absolute Gasteiger partial charge is 0.302 e. The van der Waals surface area contributed by atoms with E-state index in [-0.39, 0.29) is 29.9 Å². The number of likely N-dealkylation sites (N-methyl/N-ethyl adjacent to an activating group) is 1. The molecule has 3 unspecified atom stereocenters. The first kappa shape index (κ1) is 26.8. The van der Waals surface area contributed by atoms with Crippen LogP contribution in [0.15, 0.2) is 42.5 Å². The van der Waals surface area contributed by atoms with Crippen molar-refractivity contribution in [2.24, 2.45) is 0 Å². The molecule has 200 valence electrons. The Bertz CT molecular complexity index is 1070. The standard InChI is InChI=1S/C29H39N3O5/c1-5-36-28-18-22(8-13-27(28)35-4)25-19-24(37-20(2)33)11-12-26(25)30-29(34)21-6-9-23(10-7-21)32-16-14-31(3)15-17-32/h6-10,13,18,24-26H,5,11-12,14-17,19H2,1-4H3,(H,30,34). The second-order valence-corrected chi connectivity index (χ2v) is 9.91. The zero-order valence-corrected chi connectivity index (χ0v) is 22.4. The fourth-order valence-corrected chi connectivity index (χ4v) is 5.35. The monoisotopic (exact) mass is 509 g/mol. The largest absolute Gasteiger partial charge is 0.493 e. The highest BCUT2D eigenvalue weighted by atomic mass is 16.5. The minimum Gasteiger partial charge on any atom is -0.493 e. The van der Waals surface area contributed by atoms with Crippen LogP contribution in [0.4, 0.5) is 5.69 Å². The van der Waals surface area contributed by atoms with Crippen LogP contribution in [0.25, 0.3) is 0 Å². The highest BCUT2D eigenvalue weighted by molar-refractivity contribution is 5.94. The summed E-state index contributed by atoms with van der Waals surface area (Å²) in [5, 5.41) is 3.27. The molecule has 1 saturated heterocycles. The van der Waals surface area contributed by atoms with Crippen LogP contribution in [-0.4, -0.2) is 75.9 Å². The Morgan fingerprint density at radius 3 is 2.38 bits per heavy atom. The lowest BCUT2D eigenvalue weighted by atomic mass is 9.78. The number of ether oxygens (including phenoxy) is 3. The number of amides is 1. The third-order valence-corrected chi connectivity index (χ3v) is 7.36. The third kappa shape index (κ3) is 6.74. The Hall–Kier alpha value is -3.26. The highest BCUT2D eigenvalue weighted by Crippen LogP contribution is 2.39. The van der Waals surface area contributed by atoms with Crippen molar-refractivity contribution in [3.05, 3.63) is 53.6 Å². The van der Waals surface area contributed by atoms with Crippen molar-refractivity contribution in [3.8, 4) is 11.5 Å². The number of nitrogens with zero attached hydrogens (tertiary/aromatic N) is 2. The molecule has 2 aromatic rings. The van der Waals surface area contributed by atoms with Gasteiger partial charge in [-0.15, -0.1) is 0 Å². The van der Waals surface area contributed by atoms with Gasteiger partial charge in [0.2, 0.25) is 0 Å².